The number of aromatic amines is 1. The average molecular weight is 470 g/mol. The molecule has 0 saturated carbocycles. The van der Waals surface area contributed by atoms with Crippen LogP contribution in [0.25, 0.3) is 22.0 Å². The van der Waals surface area contributed by atoms with Crippen LogP contribution in [0.3, 0.4) is 0 Å². The van der Waals surface area contributed by atoms with Gasteiger partial charge in [-0.1, -0.05) is 12.1 Å². The van der Waals surface area contributed by atoms with E-state index in [4.69, 9.17) is 4.42 Å². The van der Waals surface area contributed by atoms with Gasteiger partial charge in [-0.2, -0.15) is 18.2 Å². The number of rotatable bonds is 4. The van der Waals surface area contributed by atoms with Gasteiger partial charge >= 0.3 is 6.18 Å². The number of nitrogens with one attached hydrogen (secondary N) is 2. The van der Waals surface area contributed by atoms with Crippen LogP contribution in [-0.2, 0) is 6.18 Å². The van der Waals surface area contributed by atoms with Crippen LogP contribution in [-0.4, -0.2) is 35.5 Å². The van der Waals surface area contributed by atoms with Crippen molar-refractivity contribution in [2.24, 2.45) is 5.92 Å². The summed E-state index contributed by atoms with van der Waals surface area (Å²) in [6.45, 7) is 1.78. The number of carbonyl (C=O) groups is 1. The third-order valence-electron chi connectivity index (χ3n) is 6.08. The average Bonchev–Trinajstić information content (AvgIpc) is 3.27. The van der Waals surface area contributed by atoms with Crippen molar-refractivity contribution < 1.29 is 22.4 Å². The molecular formula is C24H21F3N4O3. The topological polar surface area (TPSA) is 91.2 Å². The molecule has 2 N–H and O–H groups in total. The fourth-order valence-electron chi connectivity index (χ4n) is 4.30. The Hall–Kier alpha value is -3.82. The molecule has 5 rings (SSSR count). The Kier molecular flexibility index (Phi) is 5.51. The number of hydrogen-bond acceptors (Lipinski definition) is 5. The summed E-state index contributed by atoms with van der Waals surface area (Å²) in [5.74, 6) is -0.441. The highest BCUT2D eigenvalue weighted by Crippen LogP contribution is 2.30. The van der Waals surface area contributed by atoms with E-state index in [1.165, 1.54) is 0 Å². The molecule has 1 saturated heterocycles. The van der Waals surface area contributed by atoms with Crippen LogP contribution in [0.1, 0.15) is 28.8 Å². The van der Waals surface area contributed by atoms with Gasteiger partial charge in [0.05, 0.1) is 5.56 Å². The maximum Gasteiger partial charge on any atom is 0.416 e. The lowest BCUT2D eigenvalue weighted by molar-refractivity contribution is -0.137. The molecule has 0 bridgehead atoms. The van der Waals surface area contributed by atoms with Crippen LogP contribution >= 0.6 is 0 Å². The zero-order valence-electron chi connectivity index (χ0n) is 18.0. The molecule has 4 aromatic rings. The van der Waals surface area contributed by atoms with E-state index in [0.29, 0.717) is 24.7 Å². The quantitative estimate of drug-likeness (QED) is 0.463. The first-order chi connectivity index (χ1) is 16.3. The standard InChI is InChI=1S/C24H21F3N4O3/c25-24(26,27)15-7-8-16-19(10-15)28-12-17(21(16)32)22(33)29-11-14-4-3-9-31(13-14)23-30-18-5-1-2-6-20(18)34-23/h1-2,5-8,10,12,14H,3-4,9,11,13H2,(H,28,32)(H,29,33). The highest BCUT2D eigenvalue weighted by molar-refractivity contribution is 5.97. The maximum absolute atomic E-state index is 12.9. The molecule has 2 aromatic carbocycles. The molecule has 0 aliphatic carbocycles. The van der Waals surface area contributed by atoms with E-state index in [-0.39, 0.29) is 22.4 Å². The number of nitrogens with zero attached hydrogens (tertiary/aromatic N) is 2. The molecule has 0 spiro atoms. The minimum atomic E-state index is -4.52. The van der Waals surface area contributed by atoms with Gasteiger partial charge in [-0.05, 0) is 49.1 Å². The van der Waals surface area contributed by atoms with Crippen molar-refractivity contribution in [3.8, 4) is 0 Å². The maximum atomic E-state index is 12.9. The van der Waals surface area contributed by atoms with Crippen molar-refractivity contribution in [1.29, 1.82) is 0 Å². The third-order valence-corrected chi connectivity index (χ3v) is 6.08. The van der Waals surface area contributed by atoms with Crippen LogP contribution in [0.15, 0.2) is 57.9 Å². The Balaban J connectivity index is 1.27. The molecule has 1 fully saturated rings. The molecule has 1 atom stereocenters. The van der Waals surface area contributed by atoms with Crippen LogP contribution in [0.2, 0.25) is 0 Å². The van der Waals surface area contributed by atoms with Gasteiger partial charge in [0.25, 0.3) is 11.9 Å². The molecule has 1 amide bonds. The summed E-state index contributed by atoms with van der Waals surface area (Å²) in [4.78, 5) is 34.6. The number of para-hydroxylation sites is 2. The Morgan fingerprint density at radius 2 is 2.06 bits per heavy atom. The summed E-state index contributed by atoms with van der Waals surface area (Å²) in [5.41, 5.74) is -0.0986. The number of oxazole rings is 1. The summed E-state index contributed by atoms with van der Waals surface area (Å²) in [7, 11) is 0. The van der Waals surface area contributed by atoms with Gasteiger partial charge in [-0.3, -0.25) is 9.59 Å². The molecule has 7 nitrogen and oxygen atoms in total. The van der Waals surface area contributed by atoms with Crippen molar-refractivity contribution in [2.75, 3.05) is 24.5 Å². The highest BCUT2D eigenvalue weighted by Gasteiger charge is 2.31. The lowest BCUT2D eigenvalue weighted by atomic mass is 9.98. The second kappa shape index (κ2) is 8.51. The zero-order chi connectivity index (χ0) is 23.9. The molecule has 176 valence electrons. The number of anilines is 1. The first kappa shape index (κ1) is 22.0. The van der Waals surface area contributed by atoms with E-state index in [1.807, 2.05) is 29.2 Å². The van der Waals surface area contributed by atoms with Gasteiger partial charge in [-0.25, -0.2) is 0 Å². The number of aromatic nitrogens is 2. The number of fused-ring (bicyclic) bond motifs is 2. The van der Waals surface area contributed by atoms with E-state index in [9.17, 15) is 22.8 Å². The van der Waals surface area contributed by atoms with Gasteiger partial charge < -0.3 is 19.6 Å². The summed E-state index contributed by atoms with van der Waals surface area (Å²) < 4.78 is 44.6. The summed E-state index contributed by atoms with van der Waals surface area (Å²) in [6, 6.07) is 10.9. The minimum absolute atomic E-state index is 0.0256. The number of benzene rings is 2. The summed E-state index contributed by atoms with van der Waals surface area (Å²) >= 11 is 0. The Labute approximate surface area is 191 Å². The number of hydrogen-bond donors (Lipinski definition) is 2. The Morgan fingerprint density at radius 3 is 2.85 bits per heavy atom. The van der Waals surface area contributed by atoms with Crippen LogP contribution in [0.5, 0.6) is 0 Å². The van der Waals surface area contributed by atoms with Gasteiger partial charge in [0.15, 0.2) is 5.58 Å². The van der Waals surface area contributed by atoms with E-state index in [2.05, 4.69) is 15.3 Å². The molecule has 10 heteroatoms. The molecule has 3 heterocycles. The predicted molar refractivity (Wildman–Crippen MR) is 121 cm³/mol. The third kappa shape index (κ3) is 4.23. The molecule has 2 aromatic heterocycles. The zero-order valence-corrected chi connectivity index (χ0v) is 18.0. The monoisotopic (exact) mass is 470 g/mol. The first-order valence-corrected chi connectivity index (χ1v) is 10.9. The number of halogens is 3. The van der Waals surface area contributed by atoms with Crippen LogP contribution in [0, 0.1) is 5.92 Å². The van der Waals surface area contributed by atoms with Crippen molar-refractivity contribution in [3.05, 3.63) is 70.0 Å². The number of carbonyl (C=O) groups excluding carboxylic acids is 1. The second-order valence-corrected chi connectivity index (χ2v) is 8.42. The van der Waals surface area contributed by atoms with E-state index in [0.717, 1.165) is 49.3 Å². The number of amides is 1. The Bertz CT molecular complexity index is 1390. The van der Waals surface area contributed by atoms with E-state index >= 15 is 0 Å². The SMILES string of the molecule is O=C(NCC1CCCN(c2nc3ccccc3o2)C1)c1c[nH]c2cc(C(F)(F)F)ccc2c1=O. The van der Waals surface area contributed by atoms with E-state index in [1.54, 1.807) is 0 Å². The lowest BCUT2D eigenvalue weighted by Gasteiger charge is -2.31. The largest absolute Gasteiger partial charge is 0.423 e. The normalized spacial score (nSPS) is 16.8. The van der Waals surface area contributed by atoms with Crippen molar-refractivity contribution in [1.82, 2.24) is 15.3 Å². The van der Waals surface area contributed by atoms with Gasteiger partial charge in [-0.15, -0.1) is 0 Å². The molecule has 0 radical (unpaired) electrons. The number of piperidine rings is 1. The Morgan fingerprint density at radius 1 is 1.24 bits per heavy atom. The van der Waals surface area contributed by atoms with Crippen LogP contribution in [0.4, 0.5) is 19.2 Å². The molecular weight excluding hydrogens is 449 g/mol. The number of H-pyrrole nitrogens is 1. The van der Waals surface area contributed by atoms with Crippen molar-refractivity contribution in [3.63, 3.8) is 0 Å². The first-order valence-electron chi connectivity index (χ1n) is 10.9. The number of pyridine rings is 1. The second-order valence-electron chi connectivity index (χ2n) is 8.42. The fraction of sp³-hybridized carbons (Fsp3) is 0.292. The lowest BCUT2D eigenvalue weighted by Crippen LogP contribution is -2.41. The van der Waals surface area contributed by atoms with Gasteiger partial charge in [0, 0.05) is 36.7 Å². The van der Waals surface area contributed by atoms with E-state index < -0.39 is 23.1 Å². The molecule has 1 aliphatic heterocycles. The predicted octanol–water partition coefficient (Wildman–Crippen LogP) is 4.33. The summed E-state index contributed by atoms with van der Waals surface area (Å²) in [5, 5.41) is 2.82. The van der Waals surface area contributed by atoms with Crippen molar-refractivity contribution in [2.45, 2.75) is 19.0 Å². The molecule has 34 heavy (non-hydrogen) atoms. The summed E-state index contributed by atoms with van der Waals surface area (Å²) in [6.07, 6.45) is -1.57. The minimum Gasteiger partial charge on any atom is -0.423 e. The van der Waals surface area contributed by atoms with Gasteiger partial charge in [0.1, 0.15) is 11.1 Å². The number of alkyl halides is 3. The molecule has 1 aliphatic rings. The van der Waals surface area contributed by atoms with Crippen molar-refractivity contribution >= 4 is 33.9 Å². The van der Waals surface area contributed by atoms with Gasteiger partial charge in [0.2, 0.25) is 5.43 Å². The highest BCUT2D eigenvalue weighted by atomic mass is 19.4. The van der Waals surface area contributed by atoms with Crippen LogP contribution < -0.4 is 15.6 Å². The fourth-order valence-corrected chi connectivity index (χ4v) is 4.30. The smallest absolute Gasteiger partial charge is 0.416 e. The molecule has 1 unspecified atom stereocenters.